The van der Waals surface area contributed by atoms with Crippen molar-refractivity contribution in [1.29, 1.82) is 0 Å². The molecule has 2 saturated heterocycles. The fourth-order valence-corrected chi connectivity index (χ4v) is 6.13. The van der Waals surface area contributed by atoms with E-state index in [0.29, 0.717) is 13.0 Å². The molecule has 2 aromatic carbocycles. The van der Waals surface area contributed by atoms with Gasteiger partial charge in [0.1, 0.15) is 12.1 Å². The van der Waals surface area contributed by atoms with Crippen LogP contribution in [-0.4, -0.2) is 90.6 Å². The van der Waals surface area contributed by atoms with E-state index in [1.165, 1.54) is 7.11 Å². The van der Waals surface area contributed by atoms with Crippen LogP contribution in [0.1, 0.15) is 38.3 Å². The van der Waals surface area contributed by atoms with E-state index < -0.39 is 47.8 Å². The molecule has 2 aliphatic rings. The normalized spacial score (nSPS) is 20.3. The zero-order valence-electron chi connectivity index (χ0n) is 28.9. The molecule has 2 aliphatic heterocycles. The summed E-state index contributed by atoms with van der Waals surface area (Å²) >= 11 is 0. The molecule has 6 atom stereocenters. The summed E-state index contributed by atoms with van der Waals surface area (Å²) in [6.45, 7) is 6.38. The van der Waals surface area contributed by atoms with Crippen LogP contribution in [0.4, 0.5) is 9.59 Å². The highest BCUT2D eigenvalue weighted by Gasteiger charge is 2.44. The van der Waals surface area contributed by atoms with Crippen LogP contribution in [-0.2, 0) is 36.7 Å². The van der Waals surface area contributed by atoms with Crippen molar-refractivity contribution in [3.63, 3.8) is 0 Å². The molecule has 2 fully saturated rings. The van der Waals surface area contributed by atoms with Gasteiger partial charge in [0.2, 0.25) is 0 Å². The second-order valence-corrected chi connectivity index (χ2v) is 13.7. The van der Waals surface area contributed by atoms with Crippen molar-refractivity contribution in [3.8, 4) is 11.3 Å². The molecule has 0 unspecified atom stereocenters. The molecule has 4 N–H and O–H groups in total. The largest absolute Gasteiger partial charge is 0.453 e. The maximum atomic E-state index is 13.8. The van der Waals surface area contributed by atoms with Gasteiger partial charge >= 0.3 is 12.2 Å². The van der Waals surface area contributed by atoms with Crippen LogP contribution in [0.15, 0.2) is 79.0 Å². The Balaban J connectivity index is 1.35. The third kappa shape index (κ3) is 10.0. The maximum absolute atomic E-state index is 13.8. The first-order valence-electron chi connectivity index (χ1n) is 16.8. The first kappa shape index (κ1) is 36.7. The highest BCUT2D eigenvalue weighted by atomic mass is 16.7. The lowest BCUT2D eigenvalue weighted by Gasteiger charge is -2.34. The number of pyridine rings is 1. The molecule has 1 aromatic heterocycles. The smallest absolute Gasteiger partial charge is 0.407 e. The Morgan fingerprint density at radius 3 is 2.38 bits per heavy atom. The van der Waals surface area contributed by atoms with Gasteiger partial charge in [-0.05, 0) is 41.5 Å². The van der Waals surface area contributed by atoms with Crippen molar-refractivity contribution < 1.29 is 38.4 Å². The van der Waals surface area contributed by atoms with Gasteiger partial charge in [-0.25, -0.2) is 14.6 Å². The van der Waals surface area contributed by atoms with E-state index in [-0.39, 0.29) is 31.9 Å². The molecule has 0 spiro atoms. The summed E-state index contributed by atoms with van der Waals surface area (Å²) in [7, 11) is 1.23. The summed E-state index contributed by atoms with van der Waals surface area (Å²) in [5.74, 6) is -0.538. The number of amides is 3. The molecule has 0 saturated carbocycles. The number of nitrogens with zero attached hydrogens (tertiary/aromatic N) is 2. The summed E-state index contributed by atoms with van der Waals surface area (Å²) in [6.07, 6.45) is -0.670. The summed E-state index contributed by atoms with van der Waals surface area (Å²) in [5.41, 5.74) is 5.71. The number of hydrogen-bond acceptors (Lipinski definition) is 10. The van der Waals surface area contributed by atoms with Crippen molar-refractivity contribution in [3.05, 3.63) is 90.1 Å². The molecule has 3 amide bonds. The Hall–Kier alpha value is -4.56. The van der Waals surface area contributed by atoms with Gasteiger partial charge in [0, 0.05) is 24.8 Å². The van der Waals surface area contributed by atoms with Crippen LogP contribution < -0.4 is 16.1 Å². The molecule has 3 heterocycles. The van der Waals surface area contributed by atoms with E-state index in [2.05, 4.69) is 21.0 Å². The van der Waals surface area contributed by atoms with E-state index in [4.69, 9.17) is 18.9 Å². The molecule has 268 valence electrons. The fraction of sp³-hybridized carbons (Fsp3) is 0.459. The van der Waals surface area contributed by atoms with Crippen LogP contribution in [0.5, 0.6) is 0 Å². The minimum Gasteiger partial charge on any atom is -0.453 e. The number of aliphatic hydroxyl groups is 1. The van der Waals surface area contributed by atoms with Gasteiger partial charge in [-0.3, -0.25) is 15.2 Å². The number of hydrogen-bond donors (Lipinski definition) is 4. The number of methoxy groups -OCH3 is 1. The van der Waals surface area contributed by atoms with Crippen molar-refractivity contribution in [2.24, 2.45) is 11.3 Å². The van der Waals surface area contributed by atoms with Gasteiger partial charge < -0.3 is 34.7 Å². The van der Waals surface area contributed by atoms with E-state index in [1.54, 1.807) is 11.2 Å². The monoisotopic (exact) mass is 689 g/mol. The topological polar surface area (TPSA) is 161 Å². The van der Waals surface area contributed by atoms with E-state index in [1.807, 2.05) is 93.6 Å². The summed E-state index contributed by atoms with van der Waals surface area (Å²) in [6, 6.07) is 21.1. The average Bonchev–Trinajstić information content (AvgIpc) is 3.72. The lowest BCUT2D eigenvalue weighted by Crippen LogP contribution is -2.59. The van der Waals surface area contributed by atoms with Crippen molar-refractivity contribution in [2.45, 2.75) is 70.7 Å². The van der Waals surface area contributed by atoms with Crippen LogP contribution in [0.2, 0.25) is 0 Å². The number of benzene rings is 2. The number of nitrogens with one attached hydrogen (secondary N) is 3. The quantitative estimate of drug-likeness (QED) is 0.194. The number of carbonyl (C=O) groups is 3. The van der Waals surface area contributed by atoms with Crippen LogP contribution in [0.3, 0.4) is 0 Å². The number of fused-ring (bicyclic) bond motifs is 1. The Kier molecular flexibility index (Phi) is 12.4. The predicted molar refractivity (Wildman–Crippen MR) is 184 cm³/mol. The molecule has 0 bridgehead atoms. The Morgan fingerprint density at radius 2 is 1.70 bits per heavy atom. The first-order valence-corrected chi connectivity index (χ1v) is 16.8. The molecule has 13 heteroatoms. The number of ether oxygens (including phenoxy) is 4. The molecule has 0 radical (unpaired) electrons. The number of alkyl carbamates (subject to hydrolysis) is 2. The molecule has 5 rings (SSSR count). The number of rotatable bonds is 13. The lowest BCUT2D eigenvalue weighted by molar-refractivity contribution is -0.131. The highest BCUT2D eigenvalue weighted by Crippen LogP contribution is 2.33. The molecule has 3 aromatic rings. The average molecular weight is 690 g/mol. The maximum Gasteiger partial charge on any atom is 0.407 e. The van der Waals surface area contributed by atoms with Gasteiger partial charge in [-0.15, -0.1) is 0 Å². The molecule has 13 nitrogen and oxygen atoms in total. The third-order valence-corrected chi connectivity index (χ3v) is 8.85. The SMILES string of the molecule is COC(=O)N[C@H](C(=O)NN(Cc1ccc(-c2ccccn2)cc1)C[C@@H](O)[C@H](Cc1ccccc1)NC(=O)O[C@H]1CO[C@H]2OCC[C@H]21)C(C)(C)C. The molecule has 50 heavy (non-hydrogen) atoms. The van der Waals surface area contributed by atoms with Crippen LogP contribution in [0.25, 0.3) is 11.3 Å². The molecular formula is C37H47N5O8. The second-order valence-electron chi connectivity index (χ2n) is 13.7. The van der Waals surface area contributed by atoms with Crippen molar-refractivity contribution >= 4 is 18.1 Å². The first-order chi connectivity index (χ1) is 24.0. The lowest BCUT2D eigenvalue weighted by atomic mass is 9.86. The van der Waals surface area contributed by atoms with Gasteiger partial charge in [-0.2, -0.15) is 0 Å². The van der Waals surface area contributed by atoms with E-state index in [0.717, 1.165) is 28.8 Å². The zero-order chi connectivity index (χ0) is 35.7. The van der Waals surface area contributed by atoms with Crippen LogP contribution in [0, 0.1) is 11.3 Å². The second kappa shape index (κ2) is 16.9. The van der Waals surface area contributed by atoms with E-state index in [9.17, 15) is 19.5 Å². The Bertz CT molecular complexity index is 1550. The Labute approximate surface area is 292 Å². The minimum absolute atomic E-state index is 0.0395. The third-order valence-electron chi connectivity index (χ3n) is 8.85. The Morgan fingerprint density at radius 1 is 0.960 bits per heavy atom. The van der Waals surface area contributed by atoms with Gasteiger partial charge in [0.05, 0.1) is 44.1 Å². The number of hydrazine groups is 1. The number of aromatic nitrogens is 1. The van der Waals surface area contributed by atoms with Gasteiger partial charge in [-0.1, -0.05) is 81.4 Å². The number of carbonyl (C=O) groups excluding carboxylic acids is 3. The van der Waals surface area contributed by atoms with E-state index >= 15 is 0 Å². The van der Waals surface area contributed by atoms with Crippen molar-refractivity contribution in [2.75, 3.05) is 26.9 Å². The van der Waals surface area contributed by atoms with Crippen LogP contribution >= 0.6 is 0 Å². The van der Waals surface area contributed by atoms with Gasteiger partial charge in [0.25, 0.3) is 5.91 Å². The fourth-order valence-electron chi connectivity index (χ4n) is 6.13. The highest BCUT2D eigenvalue weighted by molar-refractivity contribution is 5.86. The summed E-state index contributed by atoms with van der Waals surface area (Å²) < 4.78 is 21.7. The van der Waals surface area contributed by atoms with Crippen molar-refractivity contribution in [1.82, 2.24) is 26.1 Å². The number of aliphatic hydroxyl groups excluding tert-OH is 1. The predicted octanol–water partition coefficient (Wildman–Crippen LogP) is 3.81. The summed E-state index contributed by atoms with van der Waals surface area (Å²) in [4.78, 5) is 43.6. The standard InChI is InChI=1S/C37H47N5O8/c1-37(2,3)32(40-35(45)47-4)33(44)41-42(21-25-13-15-26(16-14-25)28-12-8-9-18-38-28)22-30(43)29(20-24-10-6-5-7-11-24)39-36(46)50-31-23-49-34-27(31)17-19-48-34/h5-16,18,27,29-32,34,43H,17,19-23H2,1-4H3,(H,39,46)(H,40,45)(H,41,44)/t27-,29-,30+,31-,32+,34+/m0/s1. The minimum atomic E-state index is -1.17. The molecule has 0 aliphatic carbocycles. The van der Waals surface area contributed by atoms with Gasteiger partial charge in [0.15, 0.2) is 6.29 Å². The molecular weight excluding hydrogens is 642 g/mol. The summed E-state index contributed by atoms with van der Waals surface area (Å²) in [5, 5.41) is 18.8. The zero-order valence-corrected chi connectivity index (χ0v) is 28.9.